The summed E-state index contributed by atoms with van der Waals surface area (Å²) in [5, 5.41) is 14.4. The number of thiazole rings is 1. The molecule has 32 heavy (non-hydrogen) atoms. The van der Waals surface area contributed by atoms with E-state index in [9.17, 15) is 4.79 Å². The molecule has 0 spiro atoms. The Morgan fingerprint density at radius 1 is 1.25 bits per heavy atom. The van der Waals surface area contributed by atoms with Crippen LogP contribution in [-0.4, -0.2) is 21.8 Å². The van der Waals surface area contributed by atoms with Crippen LogP contribution < -0.4 is 4.74 Å². The van der Waals surface area contributed by atoms with Crippen LogP contribution in [0.15, 0.2) is 47.6 Å². The van der Waals surface area contributed by atoms with Crippen molar-refractivity contribution in [2.75, 3.05) is 0 Å². The maximum absolute atomic E-state index is 11.1. The highest BCUT2D eigenvalue weighted by atomic mass is 35.5. The first-order chi connectivity index (χ1) is 15.5. The smallest absolute Gasteiger partial charge is 0.353 e. The van der Waals surface area contributed by atoms with Crippen molar-refractivity contribution >= 4 is 44.8 Å². The molecule has 1 aliphatic carbocycles. The molecule has 8 heteroatoms. The number of aromatic nitrogens is 1. The van der Waals surface area contributed by atoms with Crippen molar-refractivity contribution in [2.24, 2.45) is 11.1 Å². The molecule has 1 atom stereocenters. The fourth-order valence-electron chi connectivity index (χ4n) is 3.96. The average molecular weight is 473 g/mol. The lowest BCUT2D eigenvalue weighted by Crippen LogP contribution is -2.19. The third-order valence-corrected chi connectivity index (χ3v) is 7.01. The van der Waals surface area contributed by atoms with Crippen LogP contribution in [0.2, 0.25) is 5.02 Å². The van der Waals surface area contributed by atoms with E-state index in [1.54, 1.807) is 17.4 Å². The van der Waals surface area contributed by atoms with Crippen LogP contribution in [0.4, 0.5) is 0 Å². The van der Waals surface area contributed by atoms with Crippen molar-refractivity contribution in [3.63, 3.8) is 0 Å². The van der Waals surface area contributed by atoms with E-state index in [2.05, 4.69) is 10.1 Å². The van der Waals surface area contributed by atoms with E-state index in [0.717, 1.165) is 46.5 Å². The van der Waals surface area contributed by atoms with Gasteiger partial charge in [-0.25, -0.2) is 9.78 Å². The van der Waals surface area contributed by atoms with Gasteiger partial charge >= 0.3 is 5.97 Å². The van der Waals surface area contributed by atoms with Crippen LogP contribution in [0.25, 0.3) is 10.2 Å². The van der Waals surface area contributed by atoms with Crippen LogP contribution in [-0.2, 0) is 16.2 Å². The first-order valence-corrected chi connectivity index (χ1v) is 11.9. The third kappa shape index (κ3) is 5.40. The zero-order chi connectivity index (χ0) is 22.5. The number of carboxylic acids is 1. The number of carboxylic acid groups (broad SMARTS) is 1. The first kappa shape index (κ1) is 22.6. The molecule has 1 fully saturated rings. The van der Waals surface area contributed by atoms with Crippen LogP contribution in [0.3, 0.4) is 0 Å². The topological polar surface area (TPSA) is 81.0 Å². The lowest BCUT2D eigenvalue weighted by atomic mass is 9.82. The molecule has 3 aromatic rings. The zero-order valence-electron chi connectivity index (χ0n) is 17.8. The van der Waals surface area contributed by atoms with Gasteiger partial charge in [-0.05, 0) is 44.0 Å². The average Bonchev–Trinajstić information content (AvgIpc) is 3.22. The van der Waals surface area contributed by atoms with E-state index in [0.29, 0.717) is 17.4 Å². The predicted octanol–water partition coefficient (Wildman–Crippen LogP) is 6.63. The summed E-state index contributed by atoms with van der Waals surface area (Å²) in [6.07, 6.45) is 5.04. The first-order valence-electron chi connectivity index (χ1n) is 10.7. The highest BCUT2D eigenvalue weighted by molar-refractivity contribution is 7.18. The van der Waals surface area contributed by atoms with Gasteiger partial charge in [-0.1, -0.05) is 54.2 Å². The zero-order valence-corrected chi connectivity index (χ0v) is 19.4. The van der Waals surface area contributed by atoms with Crippen LogP contribution in [0.5, 0.6) is 5.75 Å². The van der Waals surface area contributed by atoms with Crippen LogP contribution >= 0.6 is 22.9 Å². The minimum Gasteiger partial charge on any atom is -0.486 e. The number of nitrogens with zero attached hydrogens (tertiary/aromatic N) is 2. The van der Waals surface area contributed by atoms with E-state index in [4.69, 9.17) is 26.3 Å². The van der Waals surface area contributed by atoms with Crippen LogP contribution in [0.1, 0.15) is 55.7 Å². The maximum atomic E-state index is 11.1. The van der Waals surface area contributed by atoms with E-state index in [1.165, 1.54) is 13.3 Å². The SMILES string of the molecule is C/C(=N/O[C@H](c1ccc(OCc2nc3ccccc3s2)cc1Cl)C1CCCCC1)C(=O)O. The van der Waals surface area contributed by atoms with Gasteiger partial charge in [-0.15, -0.1) is 11.3 Å². The summed E-state index contributed by atoms with van der Waals surface area (Å²) in [6.45, 7) is 1.78. The van der Waals surface area contributed by atoms with E-state index >= 15 is 0 Å². The minimum absolute atomic E-state index is 0.0854. The Morgan fingerprint density at radius 2 is 2.03 bits per heavy atom. The van der Waals surface area contributed by atoms with Crippen molar-refractivity contribution in [1.82, 2.24) is 4.98 Å². The Balaban J connectivity index is 1.50. The largest absolute Gasteiger partial charge is 0.486 e. The second kappa shape index (κ2) is 10.3. The molecular formula is C24H25ClN2O4S. The van der Waals surface area contributed by atoms with Crippen molar-refractivity contribution < 1.29 is 19.5 Å². The number of para-hydroxylation sites is 1. The number of ether oxygens (including phenoxy) is 1. The lowest BCUT2D eigenvalue weighted by molar-refractivity contribution is -0.129. The lowest BCUT2D eigenvalue weighted by Gasteiger charge is -2.29. The number of carbonyl (C=O) groups is 1. The molecule has 6 nitrogen and oxygen atoms in total. The molecule has 0 unspecified atom stereocenters. The van der Waals surface area contributed by atoms with Gasteiger partial charge in [0.1, 0.15) is 17.4 Å². The molecule has 0 bridgehead atoms. The number of hydrogen-bond acceptors (Lipinski definition) is 6. The molecule has 1 saturated carbocycles. The second-order valence-corrected chi connectivity index (χ2v) is 9.48. The summed E-state index contributed by atoms with van der Waals surface area (Å²) in [5.74, 6) is -0.219. The number of benzene rings is 2. The fourth-order valence-corrected chi connectivity index (χ4v) is 5.12. The Hall–Kier alpha value is -2.64. The number of rotatable bonds is 8. The molecule has 0 saturated heterocycles. The molecule has 1 N–H and O–H groups in total. The van der Waals surface area contributed by atoms with E-state index in [1.807, 2.05) is 36.4 Å². The minimum atomic E-state index is -1.10. The van der Waals surface area contributed by atoms with Crippen molar-refractivity contribution in [3.8, 4) is 5.75 Å². The van der Waals surface area contributed by atoms with Gasteiger partial charge in [-0.2, -0.15) is 0 Å². The third-order valence-electron chi connectivity index (χ3n) is 5.67. The molecule has 4 rings (SSSR count). The summed E-state index contributed by atoms with van der Waals surface area (Å²) >= 11 is 8.24. The Kier molecular flexibility index (Phi) is 7.27. The number of oxime groups is 1. The van der Waals surface area contributed by atoms with Gasteiger partial charge in [0.2, 0.25) is 0 Å². The molecule has 1 aliphatic rings. The second-order valence-electron chi connectivity index (χ2n) is 7.95. The van der Waals surface area contributed by atoms with Gasteiger partial charge in [0.15, 0.2) is 11.8 Å². The molecule has 0 amide bonds. The predicted molar refractivity (Wildman–Crippen MR) is 127 cm³/mol. The molecule has 1 heterocycles. The highest BCUT2D eigenvalue weighted by Gasteiger charge is 2.29. The van der Waals surface area contributed by atoms with Crippen molar-refractivity contribution in [3.05, 3.63) is 58.1 Å². The Morgan fingerprint density at radius 3 is 2.75 bits per heavy atom. The molecule has 1 aromatic heterocycles. The monoisotopic (exact) mass is 472 g/mol. The summed E-state index contributed by atoms with van der Waals surface area (Å²) in [6, 6.07) is 13.5. The molecule has 2 aromatic carbocycles. The van der Waals surface area contributed by atoms with Gasteiger partial charge < -0.3 is 14.7 Å². The van der Waals surface area contributed by atoms with E-state index < -0.39 is 12.1 Å². The van der Waals surface area contributed by atoms with Gasteiger partial charge in [0.25, 0.3) is 0 Å². The number of hydrogen-bond donors (Lipinski definition) is 1. The molecule has 168 valence electrons. The summed E-state index contributed by atoms with van der Waals surface area (Å²) in [7, 11) is 0. The Bertz CT molecular complexity index is 1090. The van der Waals surface area contributed by atoms with E-state index in [-0.39, 0.29) is 11.6 Å². The van der Waals surface area contributed by atoms with Gasteiger partial charge in [0.05, 0.1) is 15.2 Å². The summed E-state index contributed by atoms with van der Waals surface area (Å²) in [4.78, 5) is 21.5. The molecule has 0 radical (unpaired) electrons. The quantitative estimate of drug-likeness (QED) is 0.294. The summed E-state index contributed by atoms with van der Waals surface area (Å²) < 4.78 is 7.06. The maximum Gasteiger partial charge on any atom is 0.353 e. The van der Waals surface area contributed by atoms with Gasteiger partial charge in [-0.3, -0.25) is 0 Å². The number of halogens is 1. The van der Waals surface area contributed by atoms with Crippen LogP contribution in [0, 0.1) is 5.92 Å². The standard InChI is InChI=1S/C24H25ClN2O4S/c1-15(24(28)29)27-31-23(16-7-3-2-4-8-16)18-12-11-17(13-19(18)25)30-14-22-26-20-9-5-6-10-21(20)32-22/h5-6,9-13,16,23H,2-4,7-8,14H2,1H3,(H,28,29)/b27-15-/t23-/m0/s1. The number of aliphatic carboxylic acids is 1. The normalized spacial score (nSPS) is 16.1. The highest BCUT2D eigenvalue weighted by Crippen LogP contribution is 2.40. The van der Waals surface area contributed by atoms with Crippen molar-refractivity contribution in [2.45, 2.75) is 51.7 Å². The van der Waals surface area contributed by atoms with Crippen molar-refractivity contribution in [1.29, 1.82) is 0 Å². The number of fused-ring (bicyclic) bond motifs is 1. The summed E-state index contributed by atoms with van der Waals surface area (Å²) in [5.41, 5.74) is 1.68. The fraction of sp³-hybridized carbons (Fsp3) is 0.375. The molecular weight excluding hydrogens is 448 g/mol. The Labute approximate surface area is 195 Å². The molecule has 0 aliphatic heterocycles. The van der Waals surface area contributed by atoms with Gasteiger partial charge in [0, 0.05) is 11.5 Å².